The Balaban J connectivity index is 2.60. The van der Waals surface area contributed by atoms with Crippen LogP contribution >= 0.6 is 15.9 Å². The number of hydrogen-bond acceptors (Lipinski definition) is 4. The molecule has 0 radical (unpaired) electrons. The van der Waals surface area contributed by atoms with Crippen molar-refractivity contribution in [3.8, 4) is 0 Å². The van der Waals surface area contributed by atoms with Gasteiger partial charge in [0.25, 0.3) is 5.91 Å². The smallest absolute Gasteiger partial charge is 0.336 e. The molecular formula is C12H14BrNO4. The fourth-order valence-corrected chi connectivity index (χ4v) is 1.62. The van der Waals surface area contributed by atoms with E-state index >= 15 is 0 Å². The van der Waals surface area contributed by atoms with Crippen LogP contribution in [-0.2, 0) is 9.53 Å². The van der Waals surface area contributed by atoms with Gasteiger partial charge in [0.2, 0.25) is 0 Å². The Morgan fingerprint density at radius 3 is 2.72 bits per heavy atom. The van der Waals surface area contributed by atoms with E-state index in [1.54, 1.807) is 18.2 Å². The first-order valence-electron chi connectivity index (χ1n) is 5.26. The molecule has 0 aromatic heterocycles. The molecule has 1 aromatic rings. The zero-order valence-corrected chi connectivity index (χ0v) is 11.7. The van der Waals surface area contributed by atoms with E-state index in [0.717, 1.165) is 10.0 Å². The lowest BCUT2D eigenvalue weighted by Gasteiger charge is -2.10. The number of methoxy groups -OCH3 is 1. The fraction of sp³-hybridized carbons (Fsp3) is 0.333. The van der Waals surface area contributed by atoms with Gasteiger partial charge in [-0.25, -0.2) is 4.79 Å². The minimum Gasteiger partial charge on any atom is -0.467 e. The highest BCUT2D eigenvalue weighted by molar-refractivity contribution is 9.10. The second-order valence-corrected chi connectivity index (χ2v) is 4.57. The van der Waals surface area contributed by atoms with Crippen LogP contribution < -0.4 is 5.32 Å². The number of halogens is 1. The predicted molar refractivity (Wildman–Crippen MR) is 69.2 cm³/mol. The Hall–Kier alpha value is -1.40. The third-order valence-electron chi connectivity index (χ3n) is 2.36. The van der Waals surface area contributed by atoms with E-state index in [1.165, 1.54) is 7.11 Å². The highest BCUT2D eigenvalue weighted by Gasteiger charge is 2.16. The molecule has 0 spiro atoms. The van der Waals surface area contributed by atoms with E-state index in [9.17, 15) is 14.7 Å². The van der Waals surface area contributed by atoms with Gasteiger partial charge in [-0.1, -0.05) is 22.0 Å². The maximum Gasteiger partial charge on any atom is 0.336 e. The molecule has 98 valence electrons. The van der Waals surface area contributed by atoms with Crippen molar-refractivity contribution < 1.29 is 19.4 Å². The summed E-state index contributed by atoms with van der Waals surface area (Å²) in [5, 5.41) is 11.8. The van der Waals surface area contributed by atoms with Crippen molar-refractivity contribution in [2.45, 2.75) is 13.0 Å². The van der Waals surface area contributed by atoms with Crippen LogP contribution in [0.1, 0.15) is 15.9 Å². The Morgan fingerprint density at radius 1 is 1.50 bits per heavy atom. The molecule has 0 saturated carbocycles. The maximum absolute atomic E-state index is 11.7. The lowest BCUT2D eigenvalue weighted by atomic mass is 10.1. The molecule has 0 aliphatic heterocycles. The molecule has 0 saturated heterocycles. The van der Waals surface area contributed by atoms with E-state index in [4.69, 9.17) is 0 Å². The van der Waals surface area contributed by atoms with E-state index in [-0.39, 0.29) is 12.5 Å². The van der Waals surface area contributed by atoms with Crippen LogP contribution in [0.15, 0.2) is 22.7 Å². The Morgan fingerprint density at radius 2 is 2.17 bits per heavy atom. The topological polar surface area (TPSA) is 75.6 Å². The number of rotatable bonds is 4. The quantitative estimate of drug-likeness (QED) is 0.813. The van der Waals surface area contributed by atoms with Gasteiger partial charge >= 0.3 is 5.97 Å². The number of carbonyl (C=O) groups excluding carboxylic acids is 2. The molecule has 1 rings (SSSR count). The van der Waals surface area contributed by atoms with Gasteiger partial charge in [-0.2, -0.15) is 0 Å². The zero-order valence-electron chi connectivity index (χ0n) is 10.1. The van der Waals surface area contributed by atoms with Gasteiger partial charge in [-0.3, -0.25) is 4.79 Å². The van der Waals surface area contributed by atoms with Crippen molar-refractivity contribution in [3.05, 3.63) is 33.8 Å². The third-order valence-corrected chi connectivity index (χ3v) is 3.22. The van der Waals surface area contributed by atoms with Crippen LogP contribution in [0.2, 0.25) is 0 Å². The summed E-state index contributed by atoms with van der Waals surface area (Å²) in [6.45, 7) is 1.73. The highest BCUT2D eigenvalue weighted by atomic mass is 79.9. The predicted octanol–water partition coefficient (Wildman–Crippen LogP) is 1.02. The van der Waals surface area contributed by atoms with Crippen molar-refractivity contribution in [1.29, 1.82) is 0 Å². The molecule has 0 bridgehead atoms. The number of esters is 1. The van der Waals surface area contributed by atoms with Gasteiger partial charge in [-0.15, -0.1) is 0 Å². The number of benzene rings is 1. The first-order valence-corrected chi connectivity index (χ1v) is 6.05. The summed E-state index contributed by atoms with van der Waals surface area (Å²) in [5.74, 6) is -1.14. The molecule has 0 fully saturated rings. The second-order valence-electron chi connectivity index (χ2n) is 3.71. The van der Waals surface area contributed by atoms with E-state index in [1.807, 2.05) is 6.92 Å². The van der Waals surface area contributed by atoms with Crippen LogP contribution in [-0.4, -0.2) is 36.7 Å². The largest absolute Gasteiger partial charge is 0.467 e. The SMILES string of the molecule is COC(=O)C(O)CNC(=O)c1ccc(C)c(Br)c1. The lowest BCUT2D eigenvalue weighted by molar-refractivity contribution is -0.149. The zero-order chi connectivity index (χ0) is 13.7. The maximum atomic E-state index is 11.7. The normalized spacial score (nSPS) is 11.8. The third kappa shape index (κ3) is 3.82. The molecule has 1 aromatic carbocycles. The molecule has 0 aliphatic rings. The Labute approximate surface area is 113 Å². The molecule has 1 atom stereocenters. The van der Waals surface area contributed by atoms with Crippen molar-refractivity contribution in [2.24, 2.45) is 0 Å². The minimum absolute atomic E-state index is 0.184. The molecule has 5 nitrogen and oxygen atoms in total. The first-order chi connectivity index (χ1) is 8.45. The Kier molecular flexibility index (Phi) is 5.30. The van der Waals surface area contributed by atoms with Crippen molar-refractivity contribution >= 4 is 27.8 Å². The highest BCUT2D eigenvalue weighted by Crippen LogP contribution is 2.17. The molecule has 1 amide bonds. The number of ether oxygens (including phenoxy) is 1. The van der Waals surface area contributed by atoms with E-state index < -0.39 is 12.1 Å². The number of aliphatic hydroxyl groups excluding tert-OH is 1. The minimum atomic E-state index is -1.35. The van der Waals surface area contributed by atoms with Crippen LogP contribution in [0, 0.1) is 6.92 Å². The summed E-state index contributed by atoms with van der Waals surface area (Å²) < 4.78 is 5.16. The van der Waals surface area contributed by atoms with Gasteiger partial charge < -0.3 is 15.2 Å². The molecule has 18 heavy (non-hydrogen) atoms. The summed E-state index contributed by atoms with van der Waals surface area (Å²) >= 11 is 3.33. The molecule has 6 heteroatoms. The summed E-state index contributed by atoms with van der Waals surface area (Å²) in [6.07, 6.45) is -1.35. The van der Waals surface area contributed by atoms with Crippen LogP contribution in [0.5, 0.6) is 0 Å². The fourth-order valence-electron chi connectivity index (χ4n) is 1.24. The number of aliphatic hydroxyl groups is 1. The standard InChI is InChI=1S/C12H14BrNO4/c1-7-3-4-8(5-9(7)13)11(16)14-6-10(15)12(17)18-2/h3-5,10,15H,6H2,1-2H3,(H,14,16). The summed E-state index contributed by atoms with van der Waals surface area (Å²) in [7, 11) is 1.17. The molecule has 0 aliphatic carbocycles. The van der Waals surface area contributed by atoms with E-state index in [0.29, 0.717) is 5.56 Å². The molecular weight excluding hydrogens is 302 g/mol. The van der Waals surface area contributed by atoms with Crippen molar-refractivity contribution in [3.63, 3.8) is 0 Å². The number of aryl methyl sites for hydroxylation is 1. The monoisotopic (exact) mass is 315 g/mol. The average molecular weight is 316 g/mol. The van der Waals surface area contributed by atoms with E-state index in [2.05, 4.69) is 26.0 Å². The molecule has 1 unspecified atom stereocenters. The average Bonchev–Trinajstić information content (AvgIpc) is 2.37. The van der Waals surface area contributed by atoms with Gasteiger partial charge in [0.1, 0.15) is 0 Å². The van der Waals surface area contributed by atoms with Crippen LogP contribution in [0.3, 0.4) is 0 Å². The van der Waals surface area contributed by atoms with Crippen molar-refractivity contribution in [1.82, 2.24) is 5.32 Å². The summed E-state index contributed by atoms with van der Waals surface area (Å²) in [4.78, 5) is 22.7. The Bertz CT molecular complexity index is 461. The molecule has 0 heterocycles. The van der Waals surface area contributed by atoms with Crippen molar-refractivity contribution in [2.75, 3.05) is 13.7 Å². The van der Waals surface area contributed by atoms with Gasteiger partial charge in [0.15, 0.2) is 6.10 Å². The van der Waals surface area contributed by atoms with Gasteiger partial charge in [-0.05, 0) is 24.6 Å². The van der Waals surface area contributed by atoms with Gasteiger partial charge in [0.05, 0.1) is 13.7 Å². The second kappa shape index (κ2) is 6.51. The number of nitrogens with one attached hydrogen (secondary N) is 1. The van der Waals surface area contributed by atoms with Gasteiger partial charge in [0, 0.05) is 10.0 Å². The van der Waals surface area contributed by atoms with Crippen LogP contribution in [0.25, 0.3) is 0 Å². The lowest BCUT2D eigenvalue weighted by Crippen LogP contribution is -2.37. The summed E-state index contributed by atoms with van der Waals surface area (Å²) in [5.41, 5.74) is 1.46. The number of amides is 1. The number of carbonyl (C=O) groups is 2. The molecule has 2 N–H and O–H groups in total. The summed E-state index contributed by atoms with van der Waals surface area (Å²) in [6, 6.07) is 5.14. The first kappa shape index (κ1) is 14.7. The number of hydrogen-bond donors (Lipinski definition) is 2. The van der Waals surface area contributed by atoms with Crippen LogP contribution in [0.4, 0.5) is 0 Å².